The van der Waals surface area contributed by atoms with Crippen LogP contribution in [0.2, 0.25) is 0 Å². The normalized spacial score (nSPS) is 26.6. The number of benzene rings is 1. The van der Waals surface area contributed by atoms with Crippen LogP contribution < -0.4 is 10.2 Å². The first-order valence-electron chi connectivity index (χ1n) is 9.89. The van der Waals surface area contributed by atoms with Gasteiger partial charge in [-0.05, 0) is 75.7 Å². The van der Waals surface area contributed by atoms with Crippen LogP contribution in [0.15, 0.2) is 24.3 Å². The van der Waals surface area contributed by atoms with Gasteiger partial charge in [0, 0.05) is 37.3 Å². The molecule has 4 rings (SSSR count). The fourth-order valence-corrected chi connectivity index (χ4v) is 5.13. The molecule has 1 aromatic carbocycles. The van der Waals surface area contributed by atoms with Gasteiger partial charge in [-0.3, -0.25) is 4.79 Å². The average molecular weight is 341 g/mol. The Hall–Kier alpha value is -1.55. The molecule has 2 saturated heterocycles. The third-order valence-corrected chi connectivity index (χ3v) is 6.64. The molecule has 0 radical (unpaired) electrons. The third-order valence-electron chi connectivity index (χ3n) is 6.64. The number of rotatable bonds is 2. The van der Waals surface area contributed by atoms with Crippen LogP contribution in [0.4, 0.5) is 5.69 Å². The number of nitrogens with zero attached hydrogens (tertiary/aromatic N) is 2. The smallest absolute Gasteiger partial charge is 0.225 e. The van der Waals surface area contributed by atoms with E-state index in [2.05, 4.69) is 53.2 Å². The lowest BCUT2D eigenvalue weighted by molar-refractivity contribution is -0.145. The highest BCUT2D eigenvalue weighted by Crippen LogP contribution is 2.52. The van der Waals surface area contributed by atoms with Gasteiger partial charge < -0.3 is 15.1 Å². The zero-order chi connectivity index (χ0) is 17.4. The predicted molar refractivity (Wildman–Crippen MR) is 102 cm³/mol. The fraction of sp³-hybridized carbons (Fsp3) is 0.667. The first-order valence-corrected chi connectivity index (χ1v) is 9.89. The molecule has 2 aliphatic heterocycles. The van der Waals surface area contributed by atoms with Gasteiger partial charge in [0.15, 0.2) is 0 Å². The number of anilines is 1. The third kappa shape index (κ3) is 3.29. The van der Waals surface area contributed by atoms with Crippen molar-refractivity contribution in [2.75, 3.05) is 37.6 Å². The summed E-state index contributed by atoms with van der Waals surface area (Å²) in [5, 5.41) is 3.44. The highest BCUT2D eigenvalue weighted by molar-refractivity contribution is 5.80. The van der Waals surface area contributed by atoms with Crippen LogP contribution >= 0.6 is 0 Å². The second-order valence-electron chi connectivity index (χ2n) is 8.52. The summed E-state index contributed by atoms with van der Waals surface area (Å²) < 4.78 is 0. The standard InChI is InChI=1S/C21H31N3O/c1-16-4-3-5-19(12-16)24-11-10-23(15-17(24)2)20(25)18-13-21(14-18)6-8-22-9-7-21/h3-5,12,17-18,22H,6-11,13-15H2,1-2H3. The van der Waals surface area contributed by atoms with Crippen LogP contribution in [0.3, 0.4) is 0 Å². The van der Waals surface area contributed by atoms with Crippen molar-refractivity contribution in [2.24, 2.45) is 11.3 Å². The van der Waals surface area contributed by atoms with Gasteiger partial charge in [-0.1, -0.05) is 12.1 Å². The maximum absolute atomic E-state index is 12.9. The summed E-state index contributed by atoms with van der Waals surface area (Å²) in [5.74, 6) is 0.704. The molecule has 136 valence electrons. The minimum Gasteiger partial charge on any atom is -0.365 e. The van der Waals surface area contributed by atoms with Gasteiger partial charge in [-0.25, -0.2) is 0 Å². The van der Waals surface area contributed by atoms with Gasteiger partial charge in [0.05, 0.1) is 0 Å². The monoisotopic (exact) mass is 341 g/mol. The van der Waals surface area contributed by atoms with Crippen molar-refractivity contribution in [3.8, 4) is 0 Å². The van der Waals surface area contributed by atoms with Crippen LogP contribution in [0.25, 0.3) is 0 Å². The fourth-order valence-electron chi connectivity index (χ4n) is 5.13. The molecule has 1 aliphatic carbocycles. The molecule has 1 saturated carbocycles. The Morgan fingerprint density at radius 1 is 1.20 bits per heavy atom. The molecule has 0 aromatic heterocycles. The van der Waals surface area contributed by atoms with E-state index in [9.17, 15) is 4.79 Å². The molecule has 1 N–H and O–H groups in total. The predicted octanol–water partition coefficient (Wildman–Crippen LogP) is 2.81. The Labute approximate surface area is 151 Å². The minimum absolute atomic E-state index is 0.288. The molecule has 3 fully saturated rings. The summed E-state index contributed by atoms with van der Waals surface area (Å²) in [6, 6.07) is 9.09. The van der Waals surface area contributed by atoms with Crippen molar-refractivity contribution in [3.63, 3.8) is 0 Å². The number of piperidine rings is 1. The van der Waals surface area contributed by atoms with Crippen molar-refractivity contribution in [3.05, 3.63) is 29.8 Å². The summed E-state index contributed by atoms with van der Waals surface area (Å²) in [7, 11) is 0. The molecule has 4 nitrogen and oxygen atoms in total. The highest BCUT2D eigenvalue weighted by atomic mass is 16.2. The molecule has 2 heterocycles. The first-order chi connectivity index (χ1) is 12.1. The number of hydrogen-bond acceptors (Lipinski definition) is 3. The number of amides is 1. The molecule has 1 aromatic rings. The van der Waals surface area contributed by atoms with Crippen molar-refractivity contribution >= 4 is 11.6 Å². The summed E-state index contributed by atoms with van der Waals surface area (Å²) in [6.45, 7) is 9.32. The minimum atomic E-state index is 0.288. The average Bonchev–Trinajstić information content (AvgIpc) is 2.59. The van der Waals surface area contributed by atoms with E-state index in [1.165, 1.54) is 24.1 Å². The molecule has 4 heteroatoms. The van der Waals surface area contributed by atoms with Crippen LogP contribution in [-0.2, 0) is 4.79 Å². The van der Waals surface area contributed by atoms with Crippen molar-refractivity contribution < 1.29 is 4.79 Å². The molecule has 25 heavy (non-hydrogen) atoms. The Bertz CT molecular complexity index is 630. The Morgan fingerprint density at radius 2 is 1.96 bits per heavy atom. The maximum atomic E-state index is 12.9. The van der Waals surface area contributed by atoms with Crippen LogP contribution in [0, 0.1) is 18.3 Å². The summed E-state index contributed by atoms with van der Waals surface area (Å²) >= 11 is 0. The summed E-state index contributed by atoms with van der Waals surface area (Å²) in [6.07, 6.45) is 4.77. The molecule has 1 amide bonds. The molecule has 1 atom stereocenters. The Balaban J connectivity index is 1.34. The number of nitrogens with one attached hydrogen (secondary N) is 1. The van der Waals surface area contributed by atoms with Crippen molar-refractivity contribution in [1.82, 2.24) is 10.2 Å². The van der Waals surface area contributed by atoms with Crippen molar-refractivity contribution in [1.29, 1.82) is 0 Å². The second kappa shape index (κ2) is 6.64. The van der Waals surface area contributed by atoms with Gasteiger partial charge in [-0.15, -0.1) is 0 Å². The lowest BCUT2D eigenvalue weighted by atomic mass is 9.57. The first kappa shape index (κ1) is 16.9. The van der Waals surface area contributed by atoms with E-state index in [1.54, 1.807) is 0 Å². The van der Waals surface area contributed by atoms with Crippen LogP contribution in [0.5, 0.6) is 0 Å². The van der Waals surface area contributed by atoms with E-state index in [-0.39, 0.29) is 5.92 Å². The van der Waals surface area contributed by atoms with Crippen LogP contribution in [-0.4, -0.2) is 49.6 Å². The van der Waals surface area contributed by atoms with E-state index in [0.29, 0.717) is 17.4 Å². The van der Waals surface area contributed by atoms with Crippen LogP contribution in [0.1, 0.15) is 38.2 Å². The lowest BCUT2D eigenvalue weighted by Crippen LogP contribution is -2.57. The number of carbonyl (C=O) groups excluding carboxylic acids is 1. The van der Waals surface area contributed by atoms with E-state index in [4.69, 9.17) is 0 Å². The van der Waals surface area contributed by atoms with Gasteiger partial charge in [0.2, 0.25) is 5.91 Å². The molecule has 3 aliphatic rings. The quantitative estimate of drug-likeness (QED) is 0.898. The number of aryl methyl sites for hydroxylation is 1. The van der Waals surface area contributed by atoms with E-state index >= 15 is 0 Å². The molecule has 1 unspecified atom stereocenters. The van der Waals surface area contributed by atoms with Gasteiger partial charge in [-0.2, -0.15) is 0 Å². The largest absolute Gasteiger partial charge is 0.365 e. The highest BCUT2D eigenvalue weighted by Gasteiger charge is 2.48. The lowest BCUT2D eigenvalue weighted by Gasteiger charge is -2.51. The maximum Gasteiger partial charge on any atom is 0.225 e. The van der Waals surface area contributed by atoms with Gasteiger partial charge >= 0.3 is 0 Å². The molecular formula is C21H31N3O. The van der Waals surface area contributed by atoms with E-state index in [0.717, 1.165) is 45.6 Å². The SMILES string of the molecule is Cc1cccc(N2CCN(C(=O)C3CC4(CCNCC4)C3)CC2C)c1. The van der Waals surface area contributed by atoms with Gasteiger partial charge in [0.1, 0.15) is 0 Å². The zero-order valence-corrected chi connectivity index (χ0v) is 15.6. The Kier molecular flexibility index (Phi) is 4.48. The van der Waals surface area contributed by atoms with Gasteiger partial charge in [0.25, 0.3) is 0 Å². The number of piperazine rings is 1. The summed E-state index contributed by atoms with van der Waals surface area (Å²) in [4.78, 5) is 17.5. The van der Waals surface area contributed by atoms with E-state index in [1.807, 2.05) is 0 Å². The van der Waals surface area contributed by atoms with Crippen molar-refractivity contribution in [2.45, 2.75) is 45.6 Å². The topological polar surface area (TPSA) is 35.6 Å². The molecule has 1 spiro atoms. The molecule has 0 bridgehead atoms. The number of hydrogen-bond donors (Lipinski definition) is 1. The van der Waals surface area contributed by atoms with E-state index < -0.39 is 0 Å². The number of carbonyl (C=O) groups is 1. The second-order valence-corrected chi connectivity index (χ2v) is 8.52. The zero-order valence-electron chi connectivity index (χ0n) is 15.6. The summed E-state index contributed by atoms with van der Waals surface area (Å²) in [5.41, 5.74) is 3.07. The Morgan fingerprint density at radius 3 is 2.64 bits per heavy atom. The molecular weight excluding hydrogens is 310 g/mol.